The maximum atomic E-state index is 12.6. The first-order chi connectivity index (χ1) is 16.1. The van der Waals surface area contributed by atoms with Crippen LogP contribution in [0.4, 0.5) is 23.9 Å². The van der Waals surface area contributed by atoms with Crippen LogP contribution in [0.3, 0.4) is 0 Å². The zero-order valence-electron chi connectivity index (χ0n) is 18.3. The third kappa shape index (κ3) is 7.43. The van der Waals surface area contributed by atoms with Gasteiger partial charge in [-0.05, 0) is 31.4 Å². The Hall–Kier alpha value is -3.16. The van der Waals surface area contributed by atoms with E-state index >= 15 is 0 Å². The number of carbonyl (C=O) groups excluding carboxylic acids is 1. The van der Waals surface area contributed by atoms with Crippen molar-refractivity contribution in [2.45, 2.75) is 31.7 Å². The minimum absolute atomic E-state index is 0.0724. The van der Waals surface area contributed by atoms with Gasteiger partial charge >= 0.3 is 6.36 Å². The summed E-state index contributed by atoms with van der Waals surface area (Å²) in [5.74, 6) is -1.01. The largest absolute Gasteiger partial charge is 0.573 e. The van der Waals surface area contributed by atoms with E-state index in [1.807, 2.05) is 0 Å². The predicted molar refractivity (Wildman–Crippen MR) is 122 cm³/mol. The molecular formula is C21H25F3N6O3S. The number of thiazole rings is 1. The molecule has 5 N–H and O–H groups in total. The molecular weight excluding hydrogens is 473 g/mol. The van der Waals surface area contributed by atoms with E-state index in [1.54, 1.807) is 13.2 Å². The molecule has 1 atom stereocenters. The summed E-state index contributed by atoms with van der Waals surface area (Å²) in [5, 5.41) is 6.69. The first-order valence-corrected chi connectivity index (χ1v) is 11.2. The van der Waals surface area contributed by atoms with E-state index in [0.29, 0.717) is 11.7 Å². The highest BCUT2D eigenvalue weighted by molar-refractivity contribution is 7.19. The van der Waals surface area contributed by atoms with Crippen molar-refractivity contribution in [2.24, 2.45) is 12.8 Å². The second-order valence-corrected chi connectivity index (χ2v) is 8.47. The lowest BCUT2D eigenvalue weighted by atomic mass is 10.1. The number of para-hydroxylation sites is 1. The number of nitrogens with one attached hydrogen (secondary N) is 1. The van der Waals surface area contributed by atoms with E-state index in [0.717, 1.165) is 49.9 Å². The van der Waals surface area contributed by atoms with Gasteiger partial charge < -0.3 is 26.3 Å². The van der Waals surface area contributed by atoms with Gasteiger partial charge in [-0.15, -0.1) is 13.2 Å². The summed E-state index contributed by atoms with van der Waals surface area (Å²) in [6, 6.07) is 5.90. The average Bonchev–Trinajstić information content (AvgIpc) is 3.26. The fourth-order valence-corrected chi connectivity index (χ4v) is 3.93. The molecule has 1 fully saturated rings. The predicted octanol–water partition coefficient (Wildman–Crippen LogP) is 3.79. The van der Waals surface area contributed by atoms with Crippen LogP contribution in [-0.4, -0.2) is 46.3 Å². The van der Waals surface area contributed by atoms with Crippen molar-refractivity contribution in [2.75, 3.05) is 24.3 Å². The van der Waals surface area contributed by atoms with Crippen LogP contribution >= 0.6 is 11.3 Å². The molecule has 0 spiro atoms. The number of halogens is 3. The van der Waals surface area contributed by atoms with E-state index < -0.39 is 18.0 Å². The molecule has 34 heavy (non-hydrogen) atoms. The van der Waals surface area contributed by atoms with Gasteiger partial charge in [0.05, 0.1) is 17.4 Å². The quantitative estimate of drug-likeness (QED) is 0.499. The SMILES string of the molecule is Cn1cc(NC(=O)c2nc(-c3ccccc3OC(F)(F)F)sc2N)cn1.NC1CCCOCC1. The number of amides is 1. The number of hydrogen-bond acceptors (Lipinski definition) is 8. The van der Waals surface area contributed by atoms with Gasteiger partial charge in [-0.3, -0.25) is 9.48 Å². The van der Waals surface area contributed by atoms with Crippen LogP contribution in [0.25, 0.3) is 10.6 Å². The molecule has 0 saturated carbocycles. The second-order valence-electron chi connectivity index (χ2n) is 7.44. The number of rotatable bonds is 4. The minimum Gasteiger partial charge on any atom is -0.405 e. The van der Waals surface area contributed by atoms with Gasteiger partial charge in [-0.2, -0.15) is 5.10 Å². The number of benzene rings is 1. The number of nitrogens with zero attached hydrogens (tertiary/aromatic N) is 3. The first-order valence-electron chi connectivity index (χ1n) is 10.4. The molecule has 1 saturated heterocycles. The van der Waals surface area contributed by atoms with Gasteiger partial charge in [0, 0.05) is 32.5 Å². The van der Waals surface area contributed by atoms with E-state index in [1.165, 1.54) is 29.1 Å². The Morgan fingerprint density at radius 3 is 2.76 bits per heavy atom. The fraction of sp³-hybridized carbons (Fsp3) is 0.381. The van der Waals surface area contributed by atoms with Gasteiger partial charge in [-0.25, -0.2) is 4.98 Å². The summed E-state index contributed by atoms with van der Waals surface area (Å²) in [4.78, 5) is 16.4. The van der Waals surface area contributed by atoms with Gasteiger partial charge in [0.15, 0.2) is 5.69 Å². The maximum absolute atomic E-state index is 12.6. The van der Waals surface area contributed by atoms with Crippen LogP contribution in [-0.2, 0) is 11.8 Å². The molecule has 2 aromatic heterocycles. The number of anilines is 2. The van der Waals surface area contributed by atoms with E-state index in [4.69, 9.17) is 16.2 Å². The Morgan fingerprint density at radius 2 is 2.06 bits per heavy atom. The highest BCUT2D eigenvalue weighted by Crippen LogP contribution is 2.38. The van der Waals surface area contributed by atoms with Crippen LogP contribution in [0.5, 0.6) is 5.75 Å². The highest BCUT2D eigenvalue weighted by Gasteiger charge is 2.32. The van der Waals surface area contributed by atoms with Crippen molar-refractivity contribution in [3.63, 3.8) is 0 Å². The Bertz CT molecular complexity index is 1090. The summed E-state index contributed by atoms with van der Waals surface area (Å²) in [7, 11) is 1.68. The molecule has 1 unspecified atom stereocenters. The molecule has 1 aliphatic rings. The third-order valence-corrected chi connectivity index (χ3v) is 5.59. The molecule has 1 aromatic carbocycles. The van der Waals surface area contributed by atoms with E-state index in [2.05, 4.69) is 20.1 Å². The molecule has 3 heterocycles. The molecule has 1 amide bonds. The standard InChI is InChI=1S/C15H12F3N5O2S.C6H13NO/c1-23-7-8(6-20-23)21-13(24)11-12(19)26-14(22-11)9-4-2-3-5-10(9)25-15(16,17)18;7-6-2-1-4-8-5-3-6/h2-7H,19H2,1H3,(H,21,24);6H,1-5,7H2. The summed E-state index contributed by atoms with van der Waals surface area (Å²) >= 11 is 0.889. The van der Waals surface area contributed by atoms with Crippen LogP contribution in [0, 0.1) is 0 Å². The molecule has 0 aliphatic carbocycles. The fourth-order valence-electron chi connectivity index (χ4n) is 3.07. The van der Waals surface area contributed by atoms with E-state index in [9.17, 15) is 18.0 Å². The lowest BCUT2D eigenvalue weighted by Gasteiger charge is -2.11. The summed E-state index contributed by atoms with van der Waals surface area (Å²) in [5.41, 5.74) is 11.9. The number of aryl methyl sites for hydroxylation is 1. The van der Waals surface area contributed by atoms with Crippen LogP contribution in [0.2, 0.25) is 0 Å². The summed E-state index contributed by atoms with van der Waals surface area (Å²) in [6.07, 6.45) is 1.49. The van der Waals surface area contributed by atoms with Crippen molar-refractivity contribution < 1.29 is 27.4 Å². The molecule has 3 aromatic rings. The van der Waals surface area contributed by atoms with E-state index in [-0.39, 0.29) is 21.3 Å². The average molecular weight is 499 g/mol. The molecule has 13 heteroatoms. The van der Waals surface area contributed by atoms with Crippen LogP contribution in [0.1, 0.15) is 29.8 Å². The number of nitrogens with two attached hydrogens (primary N) is 2. The lowest BCUT2D eigenvalue weighted by Crippen LogP contribution is -2.19. The third-order valence-electron chi connectivity index (χ3n) is 4.67. The topological polar surface area (TPSA) is 130 Å². The zero-order valence-corrected chi connectivity index (χ0v) is 19.2. The number of alkyl halides is 3. The van der Waals surface area contributed by atoms with Gasteiger partial charge in [0.1, 0.15) is 15.8 Å². The van der Waals surface area contributed by atoms with Crippen molar-refractivity contribution >= 4 is 27.9 Å². The Morgan fingerprint density at radius 1 is 1.29 bits per heavy atom. The molecule has 0 bridgehead atoms. The monoisotopic (exact) mass is 498 g/mol. The number of carbonyl (C=O) groups is 1. The molecule has 4 rings (SSSR count). The van der Waals surface area contributed by atoms with Crippen molar-refractivity contribution in [1.29, 1.82) is 0 Å². The maximum Gasteiger partial charge on any atom is 0.573 e. The Kier molecular flexibility index (Phi) is 8.47. The second kappa shape index (κ2) is 11.3. The number of ether oxygens (including phenoxy) is 2. The van der Waals surface area contributed by atoms with Crippen molar-refractivity contribution in [3.05, 3.63) is 42.4 Å². The van der Waals surface area contributed by atoms with Crippen molar-refractivity contribution in [1.82, 2.24) is 14.8 Å². The number of nitrogen functional groups attached to an aromatic ring is 1. The lowest BCUT2D eigenvalue weighted by molar-refractivity contribution is -0.274. The summed E-state index contributed by atoms with van der Waals surface area (Å²) in [6.45, 7) is 1.77. The van der Waals surface area contributed by atoms with Gasteiger partial charge in [-0.1, -0.05) is 23.5 Å². The highest BCUT2D eigenvalue weighted by atomic mass is 32.1. The molecule has 184 valence electrons. The molecule has 1 aliphatic heterocycles. The van der Waals surface area contributed by atoms with Crippen molar-refractivity contribution in [3.8, 4) is 16.3 Å². The number of aromatic nitrogens is 3. The minimum atomic E-state index is -4.85. The number of hydrogen-bond donors (Lipinski definition) is 3. The van der Waals surface area contributed by atoms with Gasteiger partial charge in [0.2, 0.25) is 0 Å². The zero-order chi connectivity index (χ0) is 24.7. The normalized spacial score (nSPS) is 16.2. The summed E-state index contributed by atoms with van der Waals surface area (Å²) < 4.78 is 48.4. The van der Waals surface area contributed by atoms with Crippen LogP contribution in [0.15, 0.2) is 36.7 Å². The Balaban J connectivity index is 0.000000343. The molecule has 9 nitrogen and oxygen atoms in total. The Labute approximate surface area is 197 Å². The van der Waals surface area contributed by atoms with Crippen LogP contribution < -0.4 is 21.5 Å². The smallest absolute Gasteiger partial charge is 0.405 e. The van der Waals surface area contributed by atoms with Gasteiger partial charge in [0.25, 0.3) is 5.91 Å². The molecule has 0 radical (unpaired) electrons. The first kappa shape index (κ1) is 25.5.